The molecule has 0 radical (unpaired) electrons. The molecule has 0 unspecified atom stereocenters. The molecule has 0 spiro atoms. The number of ether oxygens (including phenoxy) is 1. The van der Waals surface area contributed by atoms with Crippen LogP contribution in [0.15, 0.2) is 65.8 Å². The summed E-state index contributed by atoms with van der Waals surface area (Å²) in [7, 11) is 0. The monoisotopic (exact) mass is 350 g/mol. The second-order valence-electron chi connectivity index (χ2n) is 5.16. The van der Waals surface area contributed by atoms with E-state index in [0.29, 0.717) is 17.2 Å². The van der Waals surface area contributed by atoms with Gasteiger partial charge in [0, 0.05) is 11.8 Å². The van der Waals surface area contributed by atoms with Crippen LogP contribution in [0.5, 0.6) is 5.75 Å². The minimum Gasteiger partial charge on any atom is -0.494 e. The molecule has 0 bridgehead atoms. The number of allylic oxidation sites excluding steroid dienone is 1. The highest BCUT2D eigenvalue weighted by Gasteiger charge is 2.08. The highest BCUT2D eigenvalue weighted by molar-refractivity contribution is 7.71. The van der Waals surface area contributed by atoms with Gasteiger partial charge >= 0.3 is 0 Å². The van der Waals surface area contributed by atoms with Gasteiger partial charge in [-0.25, -0.2) is 5.10 Å². The number of nitrogens with one attached hydrogen (secondary N) is 1. The number of nitrogens with zero attached hydrogens (tertiary/aromatic N) is 3. The summed E-state index contributed by atoms with van der Waals surface area (Å²) in [5.41, 5.74) is 1.98. The van der Waals surface area contributed by atoms with Crippen molar-refractivity contribution >= 4 is 24.5 Å². The van der Waals surface area contributed by atoms with Crippen molar-refractivity contribution in [1.29, 1.82) is 0 Å². The number of aromatic nitrogens is 3. The van der Waals surface area contributed by atoms with Crippen molar-refractivity contribution in [3.05, 3.63) is 71.0 Å². The summed E-state index contributed by atoms with van der Waals surface area (Å²) in [6.45, 7) is 2.56. The van der Waals surface area contributed by atoms with Gasteiger partial charge in [0.2, 0.25) is 4.77 Å². The minimum absolute atomic E-state index is 0.432. The third-order valence-corrected chi connectivity index (χ3v) is 3.67. The molecule has 1 aromatic heterocycles. The van der Waals surface area contributed by atoms with Gasteiger partial charge in [-0.2, -0.15) is 14.9 Å². The van der Waals surface area contributed by atoms with Crippen molar-refractivity contribution in [3.63, 3.8) is 0 Å². The number of rotatable bonds is 6. The molecule has 0 aliphatic carbocycles. The lowest BCUT2D eigenvalue weighted by atomic mass is 10.2. The Morgan fingerprint density at radius 1 is 1.20 bits per heavy atom. The standard InChI is InChI=1S/C19H18N4OS/c1-2-24-17-12-6-11-16(14-17)18-21-22-19(25)23(18)20-13-7-10-15-8-4-3-5-9-15/h3-14H,2H2,1H3,(H,22,25)/b10-7+,20-13+. The quantitative estimate of drug-likeness (QED) is 0.524. The van der Waals surface area contributed by atoms with Crippen LogP contribution in [-0.2, 0) is 0 Å². The van der Waals surface area contributed by atoms with E-state index >= 15 is 0 Å². The highest BCUT2D eigenvalue weighted by atomic mass is 32.1. The van der Waals surface area contributed by atoms with Gasteiger partial charge < -0.3 is 4.74 Å². The number of hydrogen-bond donors (Lipinski definition) is 1. The maximum atomic E-state index is 5.54. The van der Waals surface area contributed by atoms with Gasteiger partial charge in [0.1, 0.15) is 5.75 Å². The summed E-state index contributed by atoms with van der Waals surface area (Å²) in [6.07, 6.45) is 5.53. The summed E-state index contributed by atoms with van der Waals surface area (Å²) in [6, 6.07) is 17.7. The Morgan fingerprint density at radius 3 is 2.84 bits per heavy atom. The van der Waals surface area contributed by atoms with E-state index in [-0.39, 0.29) is 0 Å². The molecule has 0 atom stereocenters. The third-order valence-electron chi connectivity index (χ3n) is 3.41. The first kappa shape index (κ1) is 16.9. The Kier molecular flexibility index (Phi) is 5.53. The molecule has 1 N–H and O–H groups in total. The molecule has 0 fully saturated rings. The maximum Gasteiger partial charge on any atom is 0.216 e. The Labute approximate surface area is 151 Å². The van der Waals surface area contributed by atoms with Crippen molar-refractivity contribution < 1.29 is 4.74 Å². The van der Waals surface area contributed by atoms with Crippen molar-refractivity contribution in [2.24, 2.45) is 5.10 Å². The average Bonchev–Trinajstić information content (AvgIpc) is 3.01. The molecule has 0 aliphatic rings. The Hall–Kier alpha value is -2.99. The number of hydrogen-bond acceptors (Lipinski definition) is 4. The molecule has 0 saturated heterocycles. The number of benzene rings is 2. The van der Waals surface area contributed by atoms with Crippen molar-refractivity contribution in [1.82, 2.24) is 14.9 Å². The molecule has 3 aromatic rings. The van der Waals surface area contributed by atoms with Gasteiger partial charge in [-0.1, -0.05) is 48.5 Å². The molecule has 126 valence electrons. The number of aromatic amines is 1. The second-order valence-corrected chi connectivity index (χ2v) is 5.55. The van der Waals surface area contributed by atoms with Crippen LogP contribution < -0.4 is 4.74 Å². The number of H-pyrrole nitrogens is 1. The van der Waals surface area contributed by atoms with E-state index in [4.69, 9.17) is 17.0 Å². The summed E-state index contributed by atoms with van der Waals surface area (Å²) in [5.74, 6) is 1.42. The van der Waals surface area contributed by atoms with Crippen LogP contribution in [0.25, 0.3) is 17.5 Å². The van der Waals surface area contributed by atoms with E-state index in [1.54, 1.807) is 10.9 Å². The first-order chi connectivity index (χ1) is 12.3. The zero-order valence-corrected chi connectivity index (χ0v) is 14.6. The van der Waals surface area contributed by atoms with Crippen LogP contribution in [-0.4, -0.2) is 27.7 Å². The Balaban J connectivity index is 1.85. The van der Waals surface area contributed by atoms with Gasteiger partial charge in [-0.05, 0) is 42.9 Å². The molecule has 0 saturated carbocycles. The van der Waals surface area contributed by atoms with Crippen LogP contribution in [0.2, 0.25) is 0 Å². The molecule has 25 heavy (non-hydrogen) atoms. The molecule has 5 nitrogen and oxygen atoms in total. The normalized spacial score (nSPS) is 11.4. The van der Waals surface area contributed by atoms with Crippen LogP contribution in [0.1, 0.15) is 12.5 Å². The summed E-state index contributed by atoms with van der Waals surface area (Å²) in [5, 5.41) is 11.5. The minimum atomic E-state index is 0.432. The SMILES string of the molecule is CCOc1cccc(-c2n[nH]c(=S)n2/N=C/C=C/c2ccccc2)c1. The molecule has 0 amide bonds. The van der Waals surface area contributed by atoms with Crippen LogP contribution in [0, 0.1) is 4.77 Å². The van der Waals surface area contributed by atoms with E-state index in [1.807, 2.05) is 73.7 Å². The van der Waals surface area contributed by atoms with Crippen LogP contribution in [0.4, 0.5) is 0 Å². The second kappa shape index (κ2) is 8.21. The molecule has 1 heterocycles. The Morgan fingerprint density at radius 2 is 2.04 bits per heavy atom. The molecule has 3 rings (SSSR count). The third kappa shape index (κ3) is 4.30. The zero-order valence-electron chi connectivity index (χ0n) is 13.8. The summed E-state index contributed by atoms with van der Waals surface area (Å²) < 4.78 is 7.56. The van der Waals surface area contributed by atoms with E-state index in [2.05, 4.69) is 15.3 Å². The first-order valence-corrected chi connectivity index (χ1v) is 8.35. The van der Waals surface area contributed by atoms with Crippen molar-refractivity contribution in [3.8, 4) is 17.1 Å². The van der Waals surface area contributed by atoms with Gasteiger partial charge in [0.15, 0.2) is 5.82 Å². The lowest BCUT2D eigenvalue weighted by Gasteiger charge is -2.05. The van der Waals surface area contributed by atoms with Gasteiger partial charge in [-0.15, -0.1) is 0 Å². The van der Waals surface area contributed by atoms with Crippen molar-refractivity contribution in [2.45, 2.75) is 6.92 Å². The largest absolute Gasteiger partial charge is 0.494 e. The fourth-order valence-electron chi connectivity index (χ4n) is 2.30. The predicted molar refractivity (Wildman–Crippen MR) is 103 cm³/mol. The smallest absolute Gasteiger partial charge is 0.216 e. The molecular weight excluding hydrogens is 332 g/mol. The van der Waals surface area contributed by atoms with Gasteiger partial charge in [-0.3, -0.25) is 0 Å². The fraction of sp³-hybridized carbons (Fsp3) is 0.105. The maximum absolute atomic E-state index is 5.54. The topological polar surface area (TPSA) is 55.2 Å². The molecular formula is C19H18N4OS. The Bertz CT molecular complexity index is 941. The van der Waals surface area contributed by atoms with E-state index in [0.717, 1.165) is 16.9 Å². The lowest BCUT2D eigenvalue weighted by Crippen LogP contribution is -1.95. The fourth-order valence-corrected chi connectivity index (χ4v) is 2.48. The van der Waals surface area contributed by atoms with Crippen LogP contribution >= 0.6 is 12.2 Å². The predicted octanol–water partition coefficient (Wildman–Crippen LogP) is 4.55. The average molecular weight is 350 g/mol. The van der Waals surface area contributed by atoms with Crippen molar-refractivity contribution in [2.75, 3.05) is 6.61 Å². The summed E-state index contributed by atoms with van der Waals surface area (Å²) >= 11 is 5.28. The zero-order chi connectivity index (χ0) is 17.5. The molecule has 0 aliphatic heterocycles. The van der Waals surface area contributed by atoms with E-state index in [1.165, 1.54) is 0 Å². The van der Waals surface area contributed by atoms with E-state index < -0.39 is 0 Å². The first-order valence-electron chi connectivity index (χ1n) is 7.94. The summed E-state index contributed by atoms with van der Waals surface area (Å²) in [4.78, 5) is 0. The molecule has 2 aromatic carbocycles. The van der Waals surface area contributed by atoms with Gasteiger partial charge in [0.25, 0.3) is 0 Å². The molecule has 6 heteroatoms. The van der Waals surface area contributed by atoms with Crippen LogP contribution in [0.3, 0.4) is 0 Å². The van der Waals surface area contributed by atoms with Gasteiger partial charge in [0.05, 0.1) is 6.61 Å². The van der Waals surface area contributed by atoms with E-state index in [9.17, 15) is 0 Å². The lowest BCUT2D eigenvalue weighted by molar-refractivity contribution is 0.340. The highest BCUT2D eigenvalue weighted by Crippen LogP contribution is 2.22.